The van der Waals surface area contributed by atoms with Gasteiger partial charge in [0.2, 0.25) is 11.8 Å². The number of rotatable bonds is 4. The van der Waals surface area contributed by atoms with Crippen molar-refractivity contribution in [1.82, 2.24) is 0 Å². The van der Waals surface area contributed by atoms with E-state index in [0.717, 1.165) is 11.3 Å². The highest BCUT2D eigenvalue weighted by Gasteiger charge is 2.59. The maximum absolute atomic E-state index is 13.2. The molecule has 0 radical (unpaired) electrons. The molecule has 0 aromatic heterocycles. The number of allylic oxidation sites excluding steroid dienone is 2. The van der Waals surface area contributed by atoms with E-state index in [1.807, 2.05) is 6.07 Å². The predicted molar refractivity (Wildman–Crippen MR) is 131 cm³/mol. The molecule has 4 atom stereocenters. The zero-order valence-corrected chi connectivity index (χ0v) is 19.0. The van der Waals surface area contributed by atoms with Crippen LogP contribution in [0, 0.1) is 23.7 Å². The van der Waals surface area contributed by atoms with Crippen LogP contribution in [0.5, 0.6) is 11.5 Å². The fourth-order valence-corrected chi connectivity index (χ4v) is 6.07. The van der Waals surface area contributed by atoms with Crippen molar-refractivity contribution in [2.24, 2.45) is 23.7 Å². The average Bonchev–Trinajstić information content (AvgIpc) is 3.63. The zero-order valence-electron chi connectivity index (χ0n) is 19.0. The fraction of sp³-hybridized carbons (Fsp3) is 0.172. The topological polar surface area (TPSA) is 84.0 Å². The van der Waals surface area contributed by atoms with E-state index in [0.29, 0.717) is 28.4 Å². The Morgan fingerprint density at radius 2 is 1.25 bits per heavy atom. The molecule has 1 saturated heterocycles. The van der Waals surface area contributed by atoms with Crippen molar-refractivity contribution in [3.63, 3.8) is 0 Å². The number of imide groups is 2. The molecule has 2 bridgehead atoms. The van der Waals surface area contributed by atoms with E-state index in [-0.39, 0.29) is 47.0 Å². The molecule has 3 aromatic rings. The first-order valence-corrected chi connectivity index (χ1v) is 11.9. The van der Waals surface area contributed by atoms with Crippen molar-refractivity contribution in [3.05, 3.63) is 96.1 Å². The van der Waals surface area contributed by atoms with Gasteiger partial charge in [0.05, 0.1) is 34.3 Å². The molecule has 2 heterocycles. The number of carbonyl (C=O) groups is 4. The SMILES string of the molecule is O=C1c2ccc(Oc3cccc(N4C(=O)[C@H]5[C@H](C4=O)[C@H]4C=C[C@H]5C4)c3)cc2C(=O)N1c1ccccc1. The average molecular weight is 476 g/mol. The lowest BCUT2D eigenvalue weighted by atomic mass is 9.85. The highest BCUT2D eigenvalue weighted by Crippen LogP contribution is 2.53. The van der Waals surface area contributed by atoms with Crippen LogP contribution in [0.1, 0.15) is 27.1 Å². The first-order chi connectivity index (χ1) is 17.5. The Hall–Kier alpha value is -4.52. The summed E-state index contributed by atoms with van der Waals surface area (Å²) in [4.78, 5) is 54.6. The van der Waals surface area contributed by atoms with E-state index in [1.54, 1.807) is 66.7 Å². The molecule has 36 heavy (non-hydrogen) atoms. The quantitative estimate of drug-likeness (QED) is 0.406. The monoisotopic (exact) mass is 476 g/mol. The first-order valence-electron chi connectivity index (χ1n) is 11.9. The number of benzene rings is 3. The van der Waals surface area contributed by atoms with Crippen LogP contribution >= 0.6 is 0 Å². The van der Waals surface area contributed by atoms with E-state index < -0.39 is 5.91 Å². The number of hydrogen-bond donors (Lipinski definition) is 0. The minimum absolute atomic E-state index is 0.142. The summed E-state index contributed by atoms with van der Waals surface area (Å²) in [5.74, 6) is -0.564. The number of anilines is 2. The summed E-state index contributed by atoms with van der Waals surface area (Å²) in [5.41, 5.74) is 1.55. The van der Waals surface area contributed by atoms with Gasteiger partial charge in [-0.3, -0.25) is 19.2 Å². The summed E-state index contributed by atoms with van der Waals surface area (Å²) in [6.45, 7) is 0. The van der Waals surface area contributed by atoms with E-state index in [2.05, 4.69) is 12.2 Å². The van der Waals surface area contributed by atoms with E-state index in [1.165, 1.54) is 4.90 Å². The van der Waals surface area contributed by atoms with Crippen molar-refractivity contribution < 1.29 is 23.9 Å². The summed E-state index contributed by atoms with van der Waals surface area (Å²) in [6.07, 6.45) is 5.02. The van der Waals surface area contributed by atoms with Gasteiger partial charge in [-0.25, -0.2) is 9.80 Å². The number of carbonyl (C=O) groups excluding carboxylic acids is 4. The highest BCUT2D eigenvalue weighted by atomic mass is 16.5. The summed E-state index contributed by atoms with van der Waals surface area (Å²) in [6, 6.07) is 20.4. The summed E-state index contributed by atoms with van der Waals surface area (Å²) in [7, 11) is 0. The second-order valence-corrected chi connectivity index (χ2v) is 9.60. The van der Waals surface area contributed by atoms with Gasteiger partial charge < -0.3 is 4.74 Å². The van der Waals surface area contributed by atoms with Crippen molar-refractivity contribution in [2.45, 2.75) is 6.42 Å². The lowest BCUT2D eigenvalue weighted by molar-refractivity contribution is -0.123. The van der Waals surface area contributed by atoms with Gasteiger partial charge >= 0.3 is 0 Å². The first kappa shape index (κ1) is 20.8. The van der Waals surface area contributed by atoms with E-state index in [9.17, 15) is 19.2 Å². The predicted octanol–water partition coefficient (Wildman–Crippen LogP) is 4.59. The molecular formula is C29H20N2O5. The largest absolute Gasteiger partial charge is 0.457 e. The molecule has 7 heteroatoms. The molecule has 0 N–H and O–H groups in total. The van der Waals surface area contributed by atoms with Gasteiger partial charge in [-0.2, -0.15) is 0 Å². The number of fused-ring (bicyclic) bond motifs is 6. The second kappa shape index (κ2) is 7.49. The van der Waals surface area contributed by atoms with Gasteiger partial charge in [0.25, 0.3) is 11.8 Å². The van der Waals surface area contributed by atoms with Gasteiger partial charge in [0, 0.05) is 6.07 Å². The van der Waals surface area contributed by atoms with Crippen LogP contribution in [0.3, 0.4) is 0 Å². The molecule has 3 aromatic carbocycles. The third kappa shape index (κ3) is 2.86. The lowest BCUT2D eigenvalue weighted by Gasteiger charge is -2.18. The minimum Gasteiger partial charge on any atom is -0.457 e. The molecule has 2 aliphatic heterocycles. The van der Waals surface area contributed by atoms with Crippen LogP contribution in [0.25, 0.3) is 0 Å². The van der Waals surface area contributed by atoms with Crippen LogP contribution in [-0.4, -0.2) is 23.6 Å². The van der Waals surface area contributed by atoms with Gasteiger partial charge in [-0.1, -0.05) is 36.4 Å². The van der Waals surface area contributed by atoms with Crippen LogP contribution in [0.15, 0.2) is 84.9 Å². The van der Waals surface area contributed by atoms with Gasteiger partial charge in [0.1, 0.15) is 11.5 Å². The molecule has 4 amide bonds. The van der Waals surface area contributed by atoms with E-state index >= 15 is 0 Å². The van der Waals surface area contributed by atoms with Gasteiger partial charge in [-0.15, -0.1) is 0 Å². The summed E-state index contributed by atoms with van der Waals surface area (Å²) >= 11 is 0. The third-order valence-electron chi connectivity index (χ3n) is 7.65. The molecule has 1 saturated carbocycles. The Kier molecular flexibility index (Phi) is 4.33. The van der Waals surface area contributed by atoms with Crippen LogP contribution in [-0.2, 0) is 9.59 Å². The number of hydrogen-bond acceptors (Lipinski definition) is 5. The Bertz CT molecular complexity index is 1480. The molecule has 0 unspecified atom stereocenters. The van der Waals surface area contributed by atoms with Gasteiger partial charge in [-0.05, 0) is 60.7 Å². The third-order valence-corrected chi connectivity index (χ3v) is 7.65. The Balaban J connectivity index is 1.15. The molecule has 4 aliphatic rings. The highest BCUT2D eigenvalue weighted by molar-refractivity contribution is 6.34. The molecular weight excluding hydrogens is 456 g/mol. The normalized spacial score (nSPS) is 25.7. The molecule has 2 fully saturated rings. The smallest absolute Gasteiger partial charge is 0.266 e. The summed E-state index contributed by atoms with van der Waals surface area (Å²) in [5, 5.41) is 0. The number of para-hydroxylation sites is 1. The van der Waals surface area contributed by atoms with Crippen LogP contribution < -0.4 is 14.5 Å². The molecule has 176 valence electrons. The Morgan fingerprint density at radius 3 is 1.97 bits per heavy atom. The summed E-state index contributed by atoms with van der Waals surface area (Å²) < 4.78 is 6.00. The maximum Gasteiger partial charge on any atom is 0.266 e. The number of nitrogens with zero attached hydrogens (tertiary/aromatic N) is 2. The molecule has 2 aliphatic carbocycles. The number of ether oxygens (including phenoxy) is 1. The number of amides is 4. The fourth-order valence-electron chi connectivity index (χ4n) is 6.07. The van der Waals surface area contributed by atoms with Gasteiger partial charge in [0.15, 0.2) is 0 Å². The van der Waals surface area contributed by atoms with Crippen LogP contribution in [0.4, 0.5) is 11.4 Å². The molecule has 7 rings (SSSR count). The zero-order chi connectivity index (χ0) is 24.6. The van der Waals surface area contributed by atoms with Crippen molar-refractivity contribution in [2.75, 3.05) is 9.80 Å². The Morgan fingerprint density at radius 1 is 0.611 bits per heavy atom. The molecule has 7 nitrogen and oxygen atoms in total. The standard InChI is InChI=1S/C29H20N2O5/c32-26-22-12-11-21(15-23(22)27(33)30(26)18-5-2-1-3-6-18)36-20-8-4-7-19(14-20)31-28(34)24-16-9-10-17(13-16)25(24)29(31)35/h1-12,14-17,24-25H,13H2/t16-,17-,24+,25+/m0/s1. The Labute approximate surface area is 206 Å². The maximum atomic E-state index is 13.2. The minimum atomic E-state index is -0.413. The van der Waals surface area contributed by atoms with Crippen LogP contribution in [0.2, 0.25) is 0 Å². The van der Waals surface area contributed by atoms with Crippen molar-refractivity contribution >= 4 is 35.0 Å². The van der Waals surface area contributed by atoms with Crippen molar-refractivity contribution in [1.29, 1.82) is 0 Å². The molecule has 0 spiro atoms. The second-order valence-electron chi connectivity index (χ2n) is 9.60. The van der Waals surface area contributed by atoms with E-state index in [4.69, 9.17) is 4.74 Å². The van der Waals surface area contributed by atoms with Crippen molar-refractivity contribution in [3.8, 4) is 11.5 Å². The lowest BCUT2D eigenvalue weighted by Crippen LogP contribution is -2.32.